The van der Waals surface area contributed by atoms with Gasteiger partial charge < -0.3 is 5.32 Å². The van der Waals surface area contributed by atoms with E-state index in [9.17, 15) is 12.8 Å². The van der Waals surface area contributed by atoms with E-state index in [1.165, 1.54) is 16.4 Å². The van der Waals surface area contributed by atoms with Crippen molar-refractivity contribution in [3.05, 3.63) is 29.6 Å². The molecule has 21 heavy (non-hydrogen) atoms. The van der Waals surface area contributed by atoms with E-state index >= 15 is 0 Å². The lowest BCUT2D eigenvalue weighted by Gasteiger charge is -2.35. The summed E-state index contributed by atoms with van der Waals surface area (Å²) in [5.41, 5.74) is 0.602. The van der Waals surface area contributed by atoms with E-state index in [0.29, 0.717) is 24.6 Å². The van der Waals surface area contributed by atoms with Crippen molar-refractivity contribution in [2.45, 2.75) is 44.2 Å². The number of sulfonamides is 1. The van der Waals surface area contributed by atoms with Gasteiger partial charge in [-0.2, -0.15) is 4.31 Å². The third-order valence-electron chi connectivity index (χ3n) is 4.06. The normalized spacial score (nSPS) is 24.2. The second kappa shape index (κ2) is 6.42. The molecule has 6 heteroatoms. The molecule has 1 aromatic carbocycles. The molecule has 1 aliphatic rings. The Morgan fingerprint density at radius 2 is 2.10 bits per heavy atom. The Kier molecular flexibility index (Phi) is 5.01. The molecule has 0 spiro atoms. The lowest BCUT2D eigenvalue weighted by atomic mass is 9.95. The first-order valence-electron chi connectivity index (χ1n) is 7.31. The maximum Gasteiger partial charge on any atom is 0.243 e. The summed E-state index contributed by atoms with van der Waals surface area (Å²) in [7, 11) is -1.92. The van der Waals surface area contributed by atoms with Crippen LogP contribution in [0.4, 0.5) is 4.39 Å². The summed E-state index contributed by atoms with van der Waals surface area (Å²) >= 11 is 0. The van der Waals surface area contributed by atoms with Crippen molar-refractivity contribution < 1.29 is 12.8 Å². The molecule has 4 nitrogen and oxygen atoms in total. The molecule has 1 N–H and O–H groups in total. The number of hydrogen-bond donors (Lipinski definition) is 1. The van der Waals surface area contributed by atoms with Crippen LogP contribution in [0.25, 0.3) is 0 Å². The Morgan fingerprint density at radius 3 is 2.71 bits per heavy atom. The van der Waals surface area contributed by atoms with Crippen LogP contribution in [0.2, 0.25) is 0 Å². The molecule has 2 atom stereocenters. The lowest BCUT2D eigenvalue weighted by molar-refractivity contribution is 0.220. The Morgan fingerprint density at radius 1 is 1.38 bits per heavy atom. The monoisotopic (exact) mass is 314 g/mol. The third kappa shape index (κ3) is 3.44. The quantitative estimate of drug-likeness (QED) is 0.928. The molecule has 0 aliphatic carbocycles. The molecule has 1 aliphatic heterocycles. The van der Waals surface area contributed by atoms with Crippen molar-refractivity contribution in [1.82, 2.24) is 9.62 Å². The highest BCUT2D eigenvalue weighted by molar-refractivity contribution is 7.89. The molecule has 1 fully saturated rings. The zero-order valence-electron chi connectivity index (χ0n) is 12.8. The minimum atomic E-state index is -3.66. The van der Waals surface area contributed by atoms with Crippen molar-refractivity contribution in [1.29, 1.82) is 0 Å². The Balaban J connectivity index is 2.41. The molecule has 2 unspecified atom stereocenters. The topological polar surface area (TPSA) is 49.4 Å². The van der Waals surface area contributed by atoms with E-state index in [-0.39, 0.29) is 10.9 Å². The Hall–Kier alpha value is -0.980. The van der Waals surface area contributed by atoms with Crippen LogP contribution in [0.5, 0.6) is 0 Å². The number of benzene rings is 1. The number of nitrogens with zero attached hydrogens (tertiary/aromatic N) is 1. The number of hydrogen-bond acceptors (Lipinski definition) is 3. The number of halogens is 1. The first-order valence-corrected chi connectivity index (χ1v) is 8.75. The fourth-order valence-electron chi connectivity index (χ4n) is 2.97. The van der Waals surface area contributed by atoms with Crippen molar-refractivity contribution in [3.63, 3.8) is 0 Å². The predicted octanol–water partition coefficient (Wildman–Crippen LogP) is 2.35. The van der Waals surface area contributed by atoms with Gasteiger partial charge in [0, 0.05) is 19.1 Å². The third-order valence-corrected chi connectivity index (χ3v) is 6.16. The van der Waals surface area contributed by atoms with Crippen molar-refractivity contribution >= 4 is 10.0 Å². The fraction of sp³-hybridized carbons (Fsp3) is 0.600. The standard InChI is InChI=1S/C15H23FN2O2S/c1-11-6-7-18(12(2)8-11)21(19,20)15-9-14(16)5-4-13(15)10-17-3/h4-5,9,11-12,17H,6-8,10H2,1-3H3. The van der Waals surface area contributed by atoms with Crippen LogP contribution in [0.15, 0.2) is 23.1 Å². The van der Waals surface area contributed by atoms with Crippen LogP contribution in [-0.4, -0.2) is 32.4 Å². The van der Waals surface area contributed by atoms with Gasteiger partial charge in [0.15, 0.2) is 0 Å². The molecule has 0 saturated carbocycles. The van der Waals surface area contributed by atoms with E-state index in [2.05, 4.69) is 12.2 Å². The molecule has 0 aromatic heterocycles. The molecule has 0 bridgehead atoms. The van der Waals surface area contributed by atoms with Crippen LogP contribution < -0.4 is 5.32 Å². The molecule has 1 heterocycles. The molecule has 2 rings (SSSR count). The SMILES string of the molecule is CNCc1ccc(F)cc1S(=O)(=O)N1CCC(C)CC1C. The van der Waals surface area contributed by atoms with Gasteiger partial charge in [0.25, 0.3) is 0 Å². The van der Waals surface area contributed by atoms with Gasteiger partial charge in [0.05, 0.1) is 4.90 Å². The van der Waals surface area contributed by atoms with Gasteiger partial charge in [-0.25, -0.2) is 12.8 Å². The first-order chi connectivity index (χ1) is 9.86. The maximum atomic E-state index is 13.5. The van der Waals surface area contributed by atoms with Gasteiger partial charge in [-0.05, 0) is 50.4 Å². The van der Waals surface area contributed by atoms with Crippen LogP contribution in [0, 0.1) is 11.7 Å². The van der Waals surface area contributed by atoms with E-state index in [1.807, 2.05) is 6.92 Å². The van der Waals surface area contributed by atoms with Crippen molar-refractivity contribution in [2.24, 2.45) is 5.92 Å². The average Bonchev–Trinajstić information content (AvgIpc) is 2.40. The summed E-state index contributed by atoms with van der Waals surface area (Å²) in [5.74, 6) is 0.00203. The van der Waals surface area contributed by atoms with E-state index in [1.54, 1.807) is 7.05 Å². The fourth-order valence-corrected chi connectivity index (χ4v) is 4.87. The number of rotatable bonds is 4. The first kappa shape index (κ1) is 16.4. The zero-order chi connectivity index (χ0) is 15.6. The van der Waals surface area contributed by atoms with Gasteiger partial charge in [-0.1, -0.05) is 13.0 Å². The lowest BCUT2D eigenvalue weighted by Crippen LogP contribution is -2.44. The number of nitrogens with one attached hydrogen (secondary N) is 1. The van der Waals surface area contributed by atoms with Crippen LogP contribution in [0.1, 0.15) is 32.3 Å². The molecule has 118 valence electrons. The molecular formula is C15H23FN2O2S. The molecule has 0 amide bonds. The van der Waals surface area contributed by atoms with Gasteiger partial charge in [0.1, 0.15) is 5.82 Å². The number of piperidine rings is 1. The largest absolute Gasteiger partial charge is 0.316 e. The maximum absolute atomic E-state index is 13.5. The van der Waals surface area contributed by atoms with Crippen molar-refractivity contribution in [3.8, 4) is 0 Å². The summed E-state index contributed by atoms with van der Waals surface area (Å²) in [5, 5.41) is 2.93. The van der Waals surface area contributed by atoms with Crippen LogP contribution in [0.3, 0.4) is 0 Å². The minimum absolute atomic E-state index is 0.0514. The molecular weight excluding hydrogens is 291 g/mol. The smallest absolute Gasteiger partial charge is 0.243 e. The van der Waals surface area contributed by atoms with Gasteiger partial charge in [-0.15, -0.1) is 0 Å². The molecule has 1 saturated heterocycles. The highest BCUT2D eigenvalue weighted by Gasteiger charge is 2.34. The summed E-state index contributed by atoms with van der Waals surface area (Å²) < 4.78 is 40.8. The second-order valence-corrected chi connectivity index (χ2v) is 7.74. The highest BCUT2D eigenvalue weighted by atomic mass is 32.2. The Labute approximate surface area is 126 Å². The summed E-state index contributed by atoms with van der Waals surface area (Å²) in [6.07, 6.45) is 1.69. The van der Waals surface area contributed by atoms with Gasteiger partial charge in [-0.3, -0.25) is 0 Å². The summed E-state index contributed by atoms with van der Waals surface area (Å²) in [6, 6.07) is 3.92. The minimum Gasteiger partial charge on any atom is -0.316 e. The average molecular weight is 314 g/mol. The zero-order valence-corrected chi connectivity index (χ0v) is 13.6. The Bertz CT molecular complexity index is 604. The second-order valence-electron chi connectivity index (χ2n) is 5.88. The van der Waals surface area contributed by atoms with E-state index in [0.717, 1.165) is 18.9 Å². The van der Waals surface area contributed by atoms with E-state index < -0.39 is 15.8 Å². The predicted molar refractivity (Wildman–Crippen MR) is 80.9 cm³/mol. The van der Waals surface area contributed by atoms with Crippen molar-refractivity contribution in [2.75, 3.05) is 13.6 Å². The van der Waals surface area contributed by atoms with Crippen LogP contribution in [-0.2, 0) is 16.6 Å². The van der Waals surface area contributed by atoms with Gasteiger partial charge in [0.2, 0.25) is 10.0 Å². The summed E-state index contributed by atoms with van der Waals surface area (Å²) in [6.45, 7) is 4.95. The molecule has 0 radical (unpaired) electrons. The summed E-state index contributed by atoms with van der Waals surface area (Å²) in [4.78, 5) is 0.0817. The van der Waals surface area contributed by atoms with Crippen LogP contribution >= 0.6 is 0 Å². The molecule has 1 aromatic rings. The highest BCUT2D eigenvalue weighted by Crippen LogP contribution is 2.30. The van der Waals surface area contributed by atoms with E-state index in [4.69, 9.17) is 0 Å². The van der Waals surface area contributed by atoms with Gasteiger partial charge >= 0.3 is 0 Å².